The quantitative estimate of drug-likeness (QED) is 0.404. The smallest absolute Gasteiger partial charge is 0.408 e. The van der Waals surface area contributed by atoms with Crippen molar-refractivity contribution < 1.29 is 29.3 Å². The number of hydrogen-bond acceptors (Lipinski definition) is 6. The molecule has 30 heavy (non-hydrogen) atoms. The van der Waals surface area contributed by atoms with Crippen LogP contribution in [0, 0.1) is 5.92 Å². The fourth-order valence-electron chi connectivity index (χ4n) is 2.78. The van der Waals surface area contributed by atoms with Gasteiger partial charge in [-0.3, -0.25) is 9.59 Å². The molecule has 168 valence electrons. The molecule has 9 nitrogen and oxygen atoms in total. The molecule has 0 saturated carbocycles. The summed E-state index contributed by atoms with van der Waals surface area (Å²) in [6.07, 6.45) is -0.386. The number of aliphatic hydroxyl groups is 1. The van der Waals surface area contributed by atoms with Crippen LogP contribution < -0.4 is 16.4 Å². The average molecular weight is 424 g/mol. The monoisotopic (exact) mass is 423 g/mol. The van der Waals surface area contributed by atoms with E-state index in [4.69, 9.17) is 10.5 Å². The van der Waals surface area contributed by atoms with Gasteiger partial charge in [-0.15, -0.1) is 0 Å². The number of hydrogen-bond donors (Lipinski definition) is 5. The Morgan fingerprint density at radius 3 is 2.27 bits per heavy atom. The fraction of sp³-hybridized carbons (Fsp3) is 0.571. The summed E-state index contributed by atoms with van der Waals surface area (Å²) in [5.74, 6) is -1.22. The minimum Gasteiger partial charge on any atom is -0.508 e. The summed E-state index contributed by atoms with van der Waals surface area (Å²) in [7, 11) is 0. The first kappa shape index (κ1) is 25.2. The van der Waals surface area contributed by atoms with Crippen LogP contribution in [0.4, 0.5) is 4.79 Å². The van der Waals surface area contributed by atoms with Crippen molar-refractivity contribution in [3.63, 3.8) is 0 Å². The highest BCUT2D eigenvalue weighted by Gasteiger charge is 2.28. The highest BCUT2D eigenvalue weighted by Crippen LogP contribution is 2.19. The third-order valence-electron chi connectivity index (χ3n) is 4.13. The highest BCUT2D eigenvalue weighted by atomic mass is 16.6. The van der Waals surface area contributed by atoms with E-state index in [1.807, 2.05) is 13.8 Å². The summed E-state index contributed by atoms with van der Waals surface area (Å²) < 4.78 is 5.24. The molecule has 6 N–H and O–H groups in total. The molecule has 0 fully saturated rings. The van der Waals surface area contributed by atoms with Gasteiger partial charge in [-0.2, -0.15) is 0 Å². The number of aromatic hydroxyl groups is 1. The van der Waals surface area contributed by atoms with Crippen molar-refractivity contribution in [1.82, 2.24) is 10.6 Å². The summed E-state index contributed by atoms with van der Waals surface area (Å²) >= 11 is 0. The lowest BCUT2D eigenvalue weighted by Gasteiger charge is -2.25. The molecule has 1 aromatic rings. The van der Waals surface area contributed by atoms with Gasteiger partial charge in [-0.05, 0) is 50.8 Å². The van der Waals surface area contributed by atoms with Gasteiger partial charge in [0.15, 0.2) is 0 Å². The van der Waals surface area contributed by atoms with E-state index in [2.05, 4.69) is 10.6 Å². The number of benzene rings is 1. The molecule has 1 rings (SSSR count). The van der Waals surface area contributed by atoms with Gasteiger partial charge in [0.1, 0.15) is 23.4 Å². The number of nitrogens with one attached hydrogen (secondary N) is 2. The van der Waals surface area contributed by atoms with Gasteiger partial charge in [-0.1, -0.05) is 19.9 Å². The molecule has 2 unspecified atom stereocenters. The van der Waals surface area contributed by atoms with Crippen LogP contribution in [0.1, 0.15) is 52.2 Å². The molecule has 0 bridgehead atoms. The van der Waals surface area contributed by atoms with Gasteiger partial charge >= 0.3 is 6.09 Å². The van der Waals surface area contributed by atoms with Crippen LogP contribution in [-0.2, 0) is 27.4 Å². The maximum Gasteiger partial charge on any atom is 0.408 e. The van der Waals surface area contributed by atoms with Crippen LogP contribution in [0.3, 0.4) is 0 Å². The van der Waals surface area contributed by atoms with Gasteiger partial charge in [-0.25, -0.2) is 4.79 Å². The van der Waals surface area contributed by atoms with E-state index in [-0.39, 0.29) is 24.7 Å². The maximum absolute atomic E-state index is 12.9. The van der Waals surface area contributed by atoms with E-state index < -0.39 is 35.6 Å². The zero-order valence-electron chi connectivity index (χ0n) is 18.2. The van der Waals surface area contributed by atoms with Crippen LogP contribution in [0.25, 0.3) is 0 Å². The summed E-state index contributed by atoms with van der Waals surface area (Å²) in [5.41, 5.74) is 5.52. The van der Waals surface area contributed by atoms with Gasteiger partial charge in [0.25, 0.3) is 0 Å². The zero-order valence-corrected chi connectivity index (χ0v) is 18.2. The van der Waals surface area contributed by atoms with Gasteiger partial charge in [0.05, 0.1) is 6.61 Å². The van der Waals surface area contributed by atoms with Crippen LogP contribution in [0.5, 0.6) is 5.75 Å². The van der Waals surface area contributed by atoms with Crippen LogP contribution in [0.15, 0.2) is 18.2 Å². The predicted molar refractivity (Wildman–Crippen MR) is 111 cm³/mol. The van der Waals surface area contributed by atoms with E-state index in [9.17, 15) is 24.6 Å². The second-order valence-electron chi connectivity index (χ2n) is 8.62. The first-order valence-corrected chi connectivity index (χ1v) is 9.83. The Morgan fingerprint density at radius 2 is 1.77 bits per heavy atom. The molecule has 0 aromatic heterocycles. The Hall–Kier alpha value is -2.81. The lowest BCUT2D eigenvalue weighted by molar-refractivity contribution is -0.128. The lowest BCUT2D eigenvalue weighted by atomic mass is 10.0. The van der Waals surface area contributed by atoms with Gasteiger partial charge in [0.2, 0.25) is 11.8 Å². The minimum absolute atomic E-state index is 0.0471. The third-order valence-corrected chi connectivity index (χ3v) is 4.13. The highest BCUT2D eigenvalue weighted by molar-refractivity contribution is 5.91. The molecular formula is C21H33N3O6. The van der Waals surface area contributed by atoms with E-state index in [0.717, 1.165) is 0 Å². The Labute approximate surface area is 177 Å². The van der Waals surface area contributed by atoms with Crippen LogP contribution in [-0.4, -0.2) is 45.8 Å². The minimum atomic E-state index is -1.06. The molecule has 0 saturated heterocycles. The summed E-state index contributed by atoms with van der Waals surface area (Å²) in [6.45, 7) is 8.49. The zero-order chi connectivity index (χ0) is 23.1. The van der Waals surface area contributed by atoms with Crippen molar-refractivity contribution in [2.45, 2.75) is 71.8 Å². The molecule has 0 aliphatic rings. The van der Waals surface area contributed by atoms with E-state index in [1.165, 1.54) is 12.1 Å². The number of carbonyl (C=O) groups is 3. The fourth-order valence-corrected chi connectivity index (χ4v) is 2.78. The van der Waals surface area contributed by atoms with Crippen molar-refractivity contribution in [3.05, 3.63) is 29.3 Å². The normalized spacial score (nSPS) is 13.4. The number of carbonyl (C=O) groups excluding carboxylic acids is 3. The van der Waals surface area contributed by atoms with Gasteiger partial charge in [0, 0.05) is 12.0 Å². The summed E-state index contributed by atoms with van der Waals surface area (Å²) in [5, 5.41) is 24.2. The molecule has 2 atom stereocenters. The Balaban J connectivity index is 3.08. The number of nitrogens with two attached hydrogens (primary N) is 1. The average Bonchev–Trinajstić information content (AvgIpc) is 2.59. The molecule has 1 aromatic carbocycles. The maximum atomic E-state index is 12.9. The molecular weight excluding hydrogens is 390 g/mol. The number of amides is 3. The second-order valence-corrected chi connectivity index (χ2v) is 8.62. The number of rotatable bonds is 9. The largest absolute Gasteiger partial charge is 0.508 e. The third kappa shape index (κ3) is 8.69. The molecule has 3 amide bonds. The lowest BCUT2D eigenvalue weighted by Crippen LogP contribution is -2.54. The molecule has 0 spiro atoms. The number of primary amides is 1. The van der Waals surface area contributed by atoms with Crippen molar-refractivity contribution in [2.75, 3.05) is 0 Å². The molecule has 0 radical (unpaired) electrons. The van der Waals surface area contributed by atoms with Gasteiger partial charge < -0.3 is 31.3 Å². The number of ether oxygens (including phenoxy) is 1. The first-order chi connectivity index (χ1) is 13.8. The van der Waals surface area contributed by atoms with Crippen molar-refractivity contribution in [1.29, 1.82) is 0 Å². The molecule has 0 heterocycles. The van der Waals surface area contributed by atoms with E-state index in [0.29, 0.717) is 17.5 Å². The Bertz CT molecular complexity index is 758. The summed E-state index contributed by atoms with van der Waals surface area (Å²) in [4.78, 5) is 36.9. The molecule has 0 aliphatic carbocycles. The second kappa shape index (κ2) is 10.8. The van der Waals surface area contributed by atoms with Crippen molar-refractivity contribution in [3.8, 4) is 5.75 Å². The Morgan fingerprint density at radius 1 is 1.13 bits per heavy atom. The predicted octanol–water partition coefficient (Wildman–Crippen LogP) is 1.34. The number of alkyl carbamates (subject to hydrolysis) is 1. The van der Waals surface area contributed by atoms with Crippen LogP contribution >= 0.6 is 0 Å². The molecule has 9 heteroatoms. The van der Waals surface area contributed by atoms with E-state index >= 15 is 0 Å². The number of phenols is 1. The molecule has 0 aliphatic heterocycles. The number of aliphatic hydroxyl groups excluding tert-OH is 1. The Kier molecular flexibility index (Phi) is 9.10. The SMILES string of the molecule is CC(C)CC(NC(=O)C(Cc1ccc(O)c(CO)c1)NC(=O)OC(C)(C)C)C(N)=O. The van der Waals surface area contributed by atoms with E-state index in [1.54, 1.807) is 26.8 Å². The topological polar surface area (TPSA) is 151 Å². The van der Waals surface area contributed by atoms with Crippen molar-refractivity contribution in [2.24, 2.45) is 11.7 Å². The standard InChI is InChI=1S/C21H33N3O6/c1-12(2)8-15(18(22)27)23-19(28)16(24-20(29)30-21(3,4)5)10-13-6-7-17(26)14(9-13)11-25/h6-7,9,12,15-16,25-26H,8,10-11H2,1-5H3,(H2,22,27)(H,23,28)(H,24,29). The summed E-state index contributed by atoms with van der Waals surface area (Å²) in [6, 6.07) is 2.56. The van der Waals surface area contributed by atoms with Crippen molar-refractivity contribution >= 4 is 17.9 Å². The van der Waals surface area contributed by atoms with Crippen LogP contribution in [0.2, 0.25) is 0 Å². The first-order valence-electron chi connectivity index (χ1n) is 9.83.